The zero-order valence-electron chi connectivity index (χ0n) is 16.3. The molecule has 28 heavy (non-hydrogen) atoms. The number of thioether (sulfide) groups is 1. The van der Waals surface area contributed by atoms with E-state index >= 15 is 0 Å². The van der Waals surface area contributed by atoms with Gasteiger partial charge in [0, 0.05) is 47.5 Å². The van der Waals surface area contributed by atoms with Crippen molar-refractivity contribution in [2.24, 2.45) is 17.8 Å². The van der Waals surface area contributed by atoms with Gasteiger partial charge in [-0.25, -0.2) is 0 Å². The Balaban J connectivity index is 0.00000225. The van der Waals surface area contributed by atoms with E-state index in [1.165, 1.54) is 16.7 Å². The molecule has 10 heteroatoms. The van der Waals surface area contributed by atoms with E-state index in [-0.39, 0.29) is 76.2 Å². The minimum absolute atomic E-state index is 0. The molecule has 8 nitrogen and oxygen atoms in total. The van der Waals surface area contributed by atoms with Crippen molar-refractivity contribution < 1.29 is 54.2 Å². The number of carbonyl (C=O) groups is 3. The predicted molar refractivity (Wildman–Crippen MR) is 95.9 cm³/mol. The van der Waals surface area contributed by atoms with E-state index < -0.39 is 18.0 Å². The fourth-order valence-electron chi connectivity index (χ4n) is 4.94. The number of amides is 2. The molecule has 3 saturated heterocycles. The molecule has 4 aliphatic rings. The third-order valence-corrected chi connectivity index (χ3v) is 7.81. The van der Waals surface area contributed by atoms with Gasteiger partial charge in [0.25, 0.3) is 0 Å². The number of carbonyl (C=O) groups excluding carboxylic acids is 3. The molecule has 4 heterocycles. The number of nitrogens with zero attached hydrogens (tertiary/aromatic N) is 1. The van der Waals surface area contributed by atoms with E-state index in [1.54, 1.807) is 6.92 Å². The zero-order chi connectivity index (χ0) is 19.5. The van der Waals surface area contributed by atoms with Crippen molar-refractivity contribution in [1.29, 1.82) is 0 Å². The zero-order valence-corrected chi connectivity index (χ0v) is 19.1. The molecule has 3 N–H and O–H groups in total. The van der Waals surface area contributed by atoms with Gasteiger partial charge in [-0.3, -0.25) is 9.59 Å². The molecule has 0 radical (unpaired) electrons. The Bertz CT molecular complexity index is 730. The number of fused-ring (bicyclic) bond motifs is 1. The summed E-state index contributed by atoms with van der Waals surface area (Å²) in [5.41, 5.74) is -0.0273. The smallest absolute Gasteiger partial charge is 0.543 e. The molecule has 0 aromatic carbocycles. The summed E-state index contributed by atoms with van der Waals surface area (Å²) in [6.07, 6.45) is 0.566. The number of carboxylic acids is 1. The molecule has 0 bridgehead atoms. The number of rotatable bonds is 5. The van der Waals surface area contributed by atoms with Gasteiger partial charge in [0.05, 0.1) is 29.7 Å². The number of β-lactam (4-membered cyclic amide) rings is 1. The summed E-state index contributed by atoms with van der Waals surface area (Å²) in [5, 5.41) is 28.1. The van der Waals surface area contributed by atoms with Crippen molar-refractivity contribution in [3.05, 3.63) is 10.6 Å². The van der Waals surface area contributed by atoms with Crippen molar-refractivity contribution >= 4 is 29.5 Å². The number of hydrogen-bond donors (Lipinski definition) is 3. The summed E-state index contributed by atoms with van der Waals surface area (Å²) in [7, 11) is 0. The van der Waals surface area contributed by atoms with E-state index in [2.05, 4.69) is 10.6 Å². The Kier molecular flexibility index (Phi) is 6.54. The molecular formula is C18H24N3NaO5S. The van der Waals surface area contributed by atoms with Gasteiger partial charge in [-0.1, -0.05) is 6.92 Å². The fourth-order valence-corrected chi connectivity index (χ4v) is 6.43. The summed E-state index contributed by atoms with van der Waals surface area (Å²) in [5.74, 6) is -2.03. The topological polar surface area (TPSA) is 122 Å². The average molecular weight is 417 g/mol. The van der Waals surface area contributed by atoms with Crippen LogP contribution in [-0.4, -0.2) is 64.3 Å². The maximum atomic E-state index is 12.4. The van der Waals surface area contributed by atoms with Gasteiger partial charge < -0.3 is 30.5 Å². The summed E-state index contributed by atoms with van der Waals surface area (Å²) < 4.78 is 0. The van der Waals surface area contributed by atoms with Crippen molar-refractivity contribution in [1.82, 2.24) is 15.5 Å². The van der Waals surface area contributed by atoms with Crippen LogP contribution in [-0.2, 0) is 14.4 Å². The largest absolute Gasteiger partial charge is 1.00 e. The molecule has 4 aliphatic heterocycles. The minimum Gasteiger partial charge on any atom is -0.543 e. The normalized spacial score (nSPS) is 38.0. The SMILES string of the molecule is C[C@@H](O)[C@H]1C(=O)N2C(C(=O)[O-])=C(S[C@@H]3CN[C@@H](C4CNC(=O)C4)C3)[C@H](C)[C@H]12.[Na+]. The second-order valence-electron chi connectivity index (χ2n) is 8.01. The number of aliphatic hydroxyl groups is 1. The van der Waals surface area contributed by atoms with Crippen LogP contribution < -0.4 is 45.3 Å². The first-order valence-corrected chi connectivity index (χ1v) is 10.3. The number of carboxylic acid groups (broad SMARTS) is 1. The van der Waals surface area contributed by atoms with Gasteiger partial charge in [0.1, 0.15) is 0 Å². The Morgan fingerprint density at radius 1 is 1.36 bits per heavy atom. The van der Waals surface area contributed by atoms with Gasteiger partial charge in [-0.15, -0.1) is 11.8 Å². The summed E-state index contributed by atoms with van der Waals surface area (Å²) in [6.45, 7) is 4.89. The molecular weight excluding hydrogens is 393 g/mol. The molecule has 0 aromatic rings. The molecule has 0 saturated carbocycles. The van der Waals surface area contributed by atoms with E-state index in [0.717, 1.165) is 13.0 Å². The Hall–Kier alpha value is -0.580. The monoisotopic (exact) mass is 417 g/mol. The number of aliphatic carboxylic acids is 1. The standard InChI is InChI=1S/C18H25N3O5S.Na/c1-7-14-13(8(2)22)17(24)21(14)15(18(25)26)16(7)27-10-4-11(19-6-10)9-3-12(23)20-5-9;/h7-11,13-14,19,22H,3-6H2,1-2H3,(H,20,23)(H,25,26);/q;+1/p-1/t7-,8-,9?,10+,11-,13-,14-;/m1./s1. The Labute approximate surface area is 190 Å². The molecule has 3 fully saturated rings. The number of nitrogens with one attached hydrogen (secondary N) is 2. The van der Waals surface area contributed by atoms with Gasteiger partial charge in [-0.2, -0.15) is 0 Å². The van der Waals surface area contributed by atoms with Crippen molar-refractivity contribution in [3.63, 3.8) is 0 Å². The van der Waals surface area contributed by atoms with Crippen LogP contribution in [0.2, 0.25) is 0 Å². The van der Waals surface area contributed by atoms with Gasteiger partial charge in [0.2, 0.25) is 11.8 Å². The van der Waals surface area contributed by atoms with Crippen molar-refractivity contribution in [2.75, 3.05) is 13.1 Å². The van der Waals surface area contributed by atoms with Crippen LogP contribution in [0.1, 0.15) is 26.7 Å². The van der Waals surface area contributed by atoms with E-state index in [4.69, 9.17) is 0 Å². The van der Waals surface area contributed by atoms with E-state index in [9.17, 15) is 24.6 Å². The number of hydrogen-bond acceptors (Lipinski definition) is 7. The van der Waals surface area contributed by atoms with Gasteiger partial charge in [0.15, 0.2) is 0 Å². The molecule has 0 aliphatic carbocycles. The first-order chi connectivity index (χ1) is 12.8. The third-order valence-electron chi connectivity index (χ3n) is 6.30. The maximum Gasteiger partial charge on any atom is 1.00 e. The Morgan fingerprint density at radius 2 is 2.07 bits per heavy atom. The quantitative estimate of drug-likeness (QED) is 0.304. The first-order valence-electron chi connectivity index (χ1n) is 9.43. The average Bonchev–Trinajstić information content (AvgIpc) is 3.27. The summed E-state index contributed by atoms with van der Waals surface area (Å²) in [6, 6.07) is -0.0799. The maximum absolute atomic E-state index is 12.4. The molecule has 148 valence electrons. The second kappa shape index (κ2) is 8.28. The molecule has 2 amide bonds. The van der Waals surface area contributed by atoms with Crippen molar-refractivity contribution in [3.8, 4) is 0 Å². The van der Waals surface area contributed by atoms with Crippen molar-refractivity contribution in [2.45, 2.75) is 50.1 Å². The van der Waals surface area contributed by atoms with Crippen LogP contribution in [0.15, 0.2) is 10.6 Å². The van der Waals surface area contributed by atoms with Crippen LogP contribution in [0.3, 0.4) is 0 Å². The van der Waals surface area contributed by atoms with Gasteiger partial charge in [-0.05, 0) is 13.3 Å². The summed E-state index contributed by atoms with van der Waals surface area (Å²) >= 11 is 1.50. The molecule has 1 unspecified atom stereocenters. The van der Waals surface area contributed by atoms with E-state index in [0.29, 0.717) is 17.9 Å². The predicted octanol–water partition coefficient (Wildman–Crippen LogP) is -4.59. The van der Waals surface area contributed by atoms with Crippen LogP contribution in [0, 0.1) is 17.8 Å². The molecule has 7 atom stereocenters. The Morgan fingerprint density at radius 3 is 2.64 bits per heavy atom. The van der Waals surface area contributed by atoms with Crippen LogP contribution in [0.5, 0.6) is 0 Å². The van der Waals surface area contributed by atoms with Crippen LogP contribution >= 0.6 is 11.8 Å². The fraction of sp³-hybridized carbons (Fsp3) is 0.722. The van der Waals surface area contributed by atoms with Crippen LogP contribution in [0.25, 0.3) is 0 Å². The summed E-state index contributed by atoms with van der Waals surface area (Å²) in [4.78, 5) is 37.5. The molecule has 0 spiro atoms. The van der Waals surface area contributed by atoms with Gasteiger partial charge >= 0.3 is 29.6 Å². The second-order valence-corrected chi connectivity index (χ2v) is 9.35. The molecule has 0 aromatic heterocycles. The first kappa shape index (κ1) is 22.1. The number of aliphatic hydroxyl groups excluding tert-OH is 1. The minimum atomic E-state index is -1.34. The third kappa shape index (κ3) is 3.54. The van der Waals surface area contributed by atoms with Crippen LogP contribution in [0.4, 0.5) is 0 Å². The molecule has 4 rings (SSSR count). The van der Waals surface area contributed by atoms with E-state index in [1.807, 2.05) is 6.92 Å².